The van der Waals surface area contributed by atoms with Crippen molar-refractivity contribution in [3.05, 3.63) is 0 Å². The maximum absolute atomic E-state index is 10.3. The van der Waals surface area contributed by atoms with Gasteiger partial charge in [-0.05, 0) is 38.8 Å². The highest BCUT2D eigenvalue weighted by molar-refractivity contribution is 5.66. The minimum Gasteiger partial charge on any atom is -0.481 e. The third kappa shape index (κ3) is 38.1. The lowest BCUT2D eigenvalue weighted by Crippen LogP contribution is -1.98. The van der Waals surface area contributed by atoms with E-state index in [0.717, 1.165) is 38.8 Å². The maximum atomic E-state index is 10.3. The van der Waals surface area contributed by atoms with E-state index in [-0.39, 0.29) is 0 Å². The Kier molecular flexibility index (Phi) is 32.8. The van der Waals surface area contributed by atoms with E-state index in [0.29, 0.717) is 12.8 Å². The number of hydrogen-bond acceptors (Lipinski definition) is 4. The van der Waals surface area contributed by atoms with Crippen molar-refractivity contribution in [2.75, 3.05) is 13.1 Å². The number of hydrogen-bond donors (Lipinski definition) is 4. The van der Waals surface area contributed by atoms with Gasteiger partial charge in [0.15, 0.2) is 0 Å². The van der Waals surface area contributed by atoms with Gasteiger partial charge in [0.25, 0.3) is 0 Å². The summed E-state index contributed by atoms with van der Waals surface area (Å²) in [4.78, 5) is 20.7. The van der Waals surface area contributed by atoms with Gasteiger partial charge in [0.1, 0.15) is 0 Å². The summed E-state index contributed by atoms with van der Waals surface area (Å²) in [5.41, 5.74) is 10.8. The molecule has 0 atom stereocenters. The van der Waals surface area contributed by atoms with Crippen molar-refractivity contribution in [3.8, 4) is 0 Å². The van der Waals surface area contributed by atoms with Crippen LogP contribution in [0.2, 0.25) is 0 Å². The number of carboxylic acids is 2. The molecule has 6 N–H and O–H groups in total. The highest BCUT2D eigenvalue weighted by atomic mass is 16.4. The van der Waals surface area contributed by atoms with Gasteiger partial charge in [-0.15, -0.1) is 0 Å². The number of unbranched alkanes of at least 4 members (excludes halogenated alkanes) is 20. The molecule has 0 fully saturated rings. The van der Waals surface area contributed by atoms with Crippen LogP contribution in [0.3, 0.4) is 0 Å². The summed E-state index contributed by atoms with van der Waals surface area (Å²) in [6.07, 6.45) is 27.5. The molecule has 34 heavy (non-hydrogen) atoms. The van der Waals surface area contributed by atoms with Gasteiger partial charge in [-0.25, -0.2) is 0 Å². The Bertz CT molecular complexity index is 381. The second-order valence-corrected chi connectivity index (χ2v) is 9.64. The van der Waals surface area contributed by atoms with E-state index in [9.17, 15) is 9.59 Å². The Morgan fingerprint density at radius 2 is 0.529 bits per heavy atom. The van der Waals surface area contributed by atoms with Crippen LogP contribution >= 0.6 is 0 Å². The van der Waals surface area contributed by atoms with Crippen LogP contribution in [-0.4, -0.2) is 35.2 Å². The van der Waals surface area contributed by atoms with Gasteiger partial charge < -0.3 is 21.7 Å². The molecule has 0 bridgehead atoms. The van der Waals surface area contributed by atoms with Crippen LogP contribution < -0.4 is 11.5 Å². The van der Waals surface area contributed by atoms with Crippen molar-refractivity contribution in [1.82, 2.24) is 0 Å². The van der Waals surface area contributed by atoms with E-state index in [1.165, 1.54) is 116 Å². The van der Waals surface area contributed by atoms with Gasteiger partial charge in [-0.1, -0.05) is 116 Å². The zero-order valence-electron chi connectivity index (χ0n) is 22.3. The minimum absolute atomic E-state index is 0.316. The molecule has 0 saturated carbocycles. The molecule has 0 spiro atoms. The topological polar surface area (TPSA) is 127 Å². The summed E-state index contributed by atoms with van der Waals surface area (Å²) >= 11 is 0. The van der Waals surface area contributed by atoms with Crippen LogP contribution in [0.15, 0.2) is 0 Å². The lowest BCUT2D eigenvalue weighted by atomic mass is 10.0. The predicted octanol–water partition coefficient (Wildman–Crippen LogP) is 7.42. The third-order valence-corrected chi connectivity index (χ3v) is 6.19. The second kappa shape index (κ2) is 31.9. The first-order valence-electron chi connectivity index (χ1n) is 14.4. The van der Waals surface area contributed by atoms with Crippen molar-refractivity contribution >= 4 is 11.9 Å². The van der Waals surface area contributed by atoms with Crippen LogP contribution in [0, 0.1) is 0 Å². The molecule has 0 heterocycles. The Morgan fingerprint density at radius 1 is 0.353 bits per heavy atom. The molecule has 204 valence electrons. The molecule has 0 saturated heterocycles. The van der Waals surface area contributed by atoms with Gasteiger partial charge in [-0.3, -0.25) is 9.59 Å². The number of aliphatic carboxylic acids is 2. The molecule has 6 nitrogen and oxygen atoms in total. The standard InChI is InChI=1S/C18H34O4.C10H24N2/c19-17(20)15-13-11-9-7-5-3-1-2-4-6-8-10-12-14-16-18(21)22;11-9-7-5-3-1-2-4-6-8-10-12/h1-16H2,(H,19,20)(H,21,22);1-12H2. The molecule has 0 aliphatic carbocycles. The van der Waals surface area contributed by atoms with Crippen molar-refractivity contribution in [3.63, 3.8) is 0 Å². The fourth-order valence-electron chi connectivity index (χ4n) is 4.02. The number of nitrogens with two attached hydrogens (primary N) is 2. The lowest BCUT2D eigenvalue weighted by Gasteiger charge is -2.03. The van der Waals surface area contributed by atoms with Crippen LogP contribution in [0.5, 0.6) is 0 Å². The summed E-state index contributed by atoms with van der Waals surface area (Å²) < 4.78 is 0. The molecule has 0 rings (SSSR count). The summed E-state index contributed by atoms with van der Waals surface area (Å²) in [6.45, 7) is 1.71. The van der Waals surface area contributed by atoms with Gasteiger partial charge >= 0.3 is 11.9 Å². The lowest BCUT2D eigenvalue weighted by molar-refractivity contribution is -0.138. The van der Waals surface area contributed by atoms with E-state index < -0.39 is 11.9 Å². The summed E-state index contributed by atoms with van der Waals surface area (Å²) in [5, 5.41) is 17.0. The molecule has 0 amide bonds. The van der Waals surface area contributed by atoms with Crippen molar-refractivity contribution in [1.29, 1.82) is 0 Å². The van der Waals surface area contributed by atoms with E-state index in [4.69, 9.17) is 21.7 Å². The van der Waals surface area contributed by atoms with Crippen LogP contribution in [-0.2, 0) is 9.59 Å². The van der Waals surface area contributed by atoms with Gasteiger partial charge in [-0.2, -0.15) is 0 Å². The van der Waals surface area contributed by atoms with Gasteiger partial charge in [0, 0.05) is 12.8 Å². The largest absolute Gasteiger partial charge is 0.481 e. The molecule has 6 heteroatoms. The summed E-state index contributed by atoms with van der Waals surface area (Å²) in [7, 11) is 0. The van der Waals surface area contributed by atoms with Crippen molar-refractivity contribution in [2.45, 2.75) is 154 Å². The molecule has 0 aromatic rings. The van der Waals surface area contributed by atoms with Crippen LogP contribution in [0.25, 0.3) is 0 Å². The molecule has 0 unspecified atom stereocenters. The summed E-state index contributed by atoms with van der Waals surface area (Å²) in [6, 6.07) is 0. The quantitative estimate of drug-likeness (QED) is 0.0942. The maximum Gasteiger partial charge on any atom is 0.303 e. The highest BCUT2D eigenvalue weighted by Crippen LogP contribution is 2.13. The van der Waals surface area contributed by atoms with Gasteiger partial charge in [0.05, 0.1) is 0 Å². The molecular weight excluding hydrogens is 428 g/mol. The van der Waals surface area contributed by atoms with Crippen molar-refractivity contribution in [2.24, 2.45) is 11.5 Å². The Morgan fingerprint density at radius 3 is 0.706 bits per heavy atom. The average Bonchev–Trinajstić information content (AvgIpc) is 2.80. The number of carbonyl (C=O) groups is 2. The Hall–Kier alpha value is -1.14. The fourth-order valence-corrected chi connectivity index (χ4v) is 4.02. The Labute approximate surface area is 210 Å². The summed E-state index contributed by atoms with van der Waals surface area (Å²) in [5.74, 6) is -1.36. The second-order valence-electron chi connectivity index (χ2n) is 9.64. The van der Waals surface area contributed by atoms with E-state index >= 15 is 0 Å². The number of rotatable bonds is 26. The van der Waals surface area contributed by atoms with Crippen LogP contribution in [0.4, 0.5) is 0 Å². The number of carboxylic acid groups (broad SMARTS) is 2. The van der Waals surface area contributed by atoms with Crippen LogP contribution in [0.1, 0.15) is 154 Å². The first-order valence-corrected chi connectivity index (χ1v) is 14.4. The minimum atomic E-state index is -0.679. The highest BCUT2D eigenvalue weighted by Gasteiger charge is 1.98. The molecule has 0 aromatic carbocycles. The zero-order valence-corrected chi connectivity index (χ0v) is 22.3. The first-order chi connectivity index (χ1) is 16.5. The first kappa shape index (κ1) is 35.0. The van der Waals surface area contributed by atoms with E-state index in [1.807, 2.05) is 0 Å². The predicted molar refractivity (Wildman–Crippen MR) is 144 cm³/mol. The molecule has 0 radical (unpaired) electrons. The van der Waals surface area contributed by atoms with E-state index in [1.54, 1.807) is 0 Å². The SMILES string of the molecule is NCCCCCCCCCCN.O=C(O)CCCCCCCCCCCCCCCCC(=O)O. The van der Waals surface area contributed by atoms with Crippen molar-refractivity contribution < 1.29 is 19.8 Å². The molecule has 0 aliphatic heterocycles. The molecular formula is C28H58N2O4. The third-order valence-electron chi connectivity index (χ3n) is 6.19. The van der Waals surface area contributed by atoms with Gasteiger partial charge in [0.2, 0.25) is 0 Å². The Balaban J connectivity index is 0. The zero-order chi connectivity index (χ0) is 25.5. The normalized spacial score (nSPS) is 10.6. The average molecular weight is 487 g/mol. The molecule has 0 aliphatic rings. The smallest absolute Gasteiger partial charge is 0.303 e. The monoisotopic (exact) mass is 486 g/mol. The fraction of sp³-hybridized carbons (Fsp3) is 0.929. The molecule has 0 aromatic heterocycles. The van der Waals surface area contributed by atoms with E-state index in [2.05, 4.69) is 0 Å².